The maximum atomic E-state index is 12.6. The lowest BCUT2D eigenvalue weighted by molar-refractivity contribution is 0.104. The Hall–Kier alpha value is -1.94. The summed E-state index contributed by atoms with van der Waals surface area (Å²) in [6.45, 7) is 0. The van der Waals surface area contributed by atoms with Crippen LogP contribution in [0, 0.1) is 11.3 Å². The number of nitriles is 1. The SMILES string of the molecule is CS(=O)(=NC=C(C#N)C(=O)c1cccs1)c1ccc(Cl)cc1. The second kappa shape index (κ2) is 6.88. The molecule has 22 heavy (non-hydrogen) atoms. The zero-order chi connectivity index (χ0) is 16.2. The third-order valence-corrected chi connectivity index (χ3v) is 5.52. The first-order chi connectivity index (χ1) is 10.4. The van der Waals surface area contributed by atoms with Crippen molar-refractivity contribution in [2.24, 2.45) is 4.36 Å². The number of carbonyl (C=O) groups excluding carboxylic acids is 1. The van der Waals surface area contributed by atoms with Crippen molar-refractivity contribution in [1.82, 2.24) is 0 Å². The first-order valence-corrected chi connectivity index (χ1v) is 9.27. The Bertz CT molecular complexity index is 869. The fourth-order valence-corrected chi connectivity index (χ4v) is 3.45. The van der Waals surface area contributed by atoms with Crippen molar-refractivity contribution in [2.45, 2.75) is 4.90 Å². The molecule has 0 spiro atoms. The lowest BCUT2D eigenvalue weighted by atomic mass is 10.2. The highest BCUT2D eigenvalue weighted by Crippen LogP contribution is 2.18. The van der Waals surface area contributed by atoms with Crippen LogP contribution in [-0.2, 0) is 9.73 Å². The van der Waals surface area contributed by atoms with Crippen molar-refractivity contribution in [3.63, 3.8) is 0 Å². The van der Waals surface area contributed by atoms with Gasteiger partial charge in [-0.1, -0.05) is 17.7 Å². The number of benzene rings is 1. The quantitative estimate of drug-likeness (QED) is 0.472. The molecule has 2 aromatic rings. The maximum absolute atomic E-state index is 12.6. The molecule has 1 unspecified atom stereocenters. The van der Waals surface area contributed by atoms with Gasteiger partial charge in [-0.15, -0.1) is 11.3 Å². The maximum Gasteiger partial charge on any atom is 0.215 e. The lowest BCUT2D eigenvalue weighted by Gasteiger charge is -2.03. The molecule has 0 bridgehead atoms. The summed E-state index contributed by atoms with van der Waals surface area (Å²) in [7, 11) is -2.74. The van der Waals surface area contributed by atoms with Crippen LogP contribution in [0.4, 0.5) is 0 Å². The number of ketones is 1. The average Bonchev–Trinajstić information content (AvgIpc) is 3.02. The van der Waals surface area contributed by atoms with E-state index in [1.165, 1.54) is 17.6 Å². The summed E-state index contributed by atoms with van der Waals surface area (Å²) in [5.74, 6) is -0.424. The molecule has 0 aliphatic carbocycles. The fourth-order valence-electron chi connectivity index (χ4n) is 1.58. The van der Waals surface area contributed by atoms with Crippen LogP contribution in [0.2, 0.25) is 5.02 Å². The summed E-state index contributed by atoms with van der Waals surface area (Å²) in [6.07, 6.45) is 2.52. The standard InChI is InChI=1S/C15H11ClN2O2S2/c1-22(20,13-6-4-12(16)5-7-13)18-10-11(9-17)15(19)14-3-2-8-21-14/h2-8,10H,1H3. The largest absolute Gasteiger partial charge is 0.287 e. The van der Waals surface area contributed by atoms with Gasteiger partial charge in [-0.3, -0.25) is 4.79 Å². The van der Waals surface area contributed by atoms with E-state index in [1.807, 2.05) is 0 Å². The molecule has 1 heterocycles. The van der Waals surface area contributed by atoms with E-state index in [9.17, 15) is 9.00 Å². The van der Waals surface area contributed by atoms with E-state index in [-0.39, 0.29) is 5.57 Å². The summed E-state index contributed by atoms with van der Waals surface area (Å²) < 4.78 is 16.5. The van der Waals surface area contributed by atoms with Crippen molar-refractivity contribution in [1.29, 1.82) is 5.26 Å². The Labute approximate surface area is 137 Å². The third kappa shape index (κ3) is 3.83. The first kappa shape index (κ1) is 16.4. The van der Waals surface area contributed by atoms with Crippen LogP contribution in [0.1, 0.15) is 9.67 Å². The molecule has 1 aromatic carbocycles. The van der Waals surface area contributed by atoms with Gasteiger partial charge in [0.05, 0.1) is 20.8 Å². The van der Waals surface area contributed by atoms with Crippen LogP contribution in [0.25, 0.3) is 0 Å². The van der Waals surface area contributed by atoms with Crippen LogP contribution in [0.15, 0.2) is 62.8 Å². The van der Waals surface area contributed by atoms with Crippen molar-refractivity contribution < 1.29 is 9.00 Å². The van der Waals surface area contributed by atoms with E-state index in [1.54, 1.807) is 47.8 Å². The number of rotatable bonds is 4. The van der Waals surface area contributed by atoms with Crippen molar-refractivity contribution in [3.05, 3.63) is 63.5 Å². The predicted molar refractivity (Wildman–Crippen MR) is 88.6 cm³/mol. The van der Waals surface area contributed by atoms with Gasteiger partial charge in [-0.05, 0) is 35.7 Å². The molecule has 0 radical (unpaired) electrons. The minimum atomic E-state index is -2.74. The van der Waals surface area contributed by atoms with Crippen molar-refractivity contribution in [3.8, 4) is 6.07 Å². The normalized spacial score (nSPS) is 14.0. The first-order valence-electron chi connectivity index (χ1n) is 6.09. The topological polar surface area (TPSA) is 70.3 Å². The Kier molecular flexibility index (Phi) is 5.14. The second-order valence-corrected chi connectivity index (χ2v) is 7.99. The van der Waals surface area contributed by atoms with Gasteiger partial charge in [0, 0.05) is 16.2 Å². The molecule has 0 aliphatic heterocycles. The molecule has 0 fully saturated rings. The highest BCUT2D eigenvalue weighted by Gasteiger charge is 2.13. The van der Waals surface area contributed by atoms with E-state index < -0.39 is 15.5 Å². The number of allylic oxidation sites excluding steroid dienone is 1. The van der Waals surface area contributed by atoms with Gasteiger partial charge >= 0.3 is 0 Å². The Morgan fingerprint density at radius 2 is 2.05 bits per heavy atom. The number of nitrogens with zero attached hydrogens (tertiary/aromatic N) is 2. The van der Waals surface area contributed by atoms with Crippen LogP contribution >= 0.6 is 22.9 Å². The van der Waals surface area contributed by atoms with Crippen molar-refractivity contribution in [2.75, 3.05) is 6.26 Å². The van der Waals surface area contributed by atoms with Gasteiger partial charge < -0.3 is 0 Å². The third-order valence-electron chi connectivity index (χ3n) is 2.74. The zero-order valence-electron chi connectivity index (χ0n) is 11.5. The van der Waals surface area contributed by atoms with Gasteiger partial charge in [-0.25, -0.2) is 8.57 Å². The smallest absolute Gasteiger partial charge is 0.215 e. The summed E-state index contributed by atoms with van der Waals surface area (Å²) in [4.78, 5) is 13.0. The number of hydrogen-bond donors (Lipinski definition) is 0. The summed E-state index contributed by atoms with van der Waals surface area (Å²) in [6, 6.07) is 11.6. The summed E-state index contributed by atoms with van der Waals surface area (Å²) in [5.41, 5.74) is -0.147. The molecular formula is C15H11ClN2O2S2. The minimum absolute atomic E-state index is 0.147. The average molecular weight is 351 g/mol. The number of hydrogen-bond acceptors (Lipinski definition) is 5. The summed E-state index contributed by atoms with van der Waals surface area (Å²) in [5, 5.41) is 11.4. The molecule has 1 aromatic heterocycles. The van der Waals surface area contributed by atoms with Gasteiger partial charge in [0.15, 0.2) is 0 Å². The molecule has 0 saturated heterocycles. The highest BCUT2D eigenvalue weighted by atomic mass is 35.5. The molecule has 112 valence electrons. The molecule has 0 saturated carbocycles. The van der Waals surface area contributed by atoms with E-state index in [0.717, 1.165) is 6.20 Å². The summed E-state index contributed by atoms with van der Waals surface area (Å²) >= 11 is 7.03. The van der Waals surface area contributed by atoms with Gasteiger partial charge in [0.2, 0.25) is 5.78 Å². The number of carbonyl (C=O) groups is 1. The van der Waals surface area contributed by atoms with E-state index in [4.69, 9.17) is 16.9 Å². The van der Waals surface area contributed by atoms with E-state index >= 15 is 0 Å². The van der Waals surface area contributed by atoms with Gasteiger partial charge in [0.1, 0.15) is 11.6 Å². The number of thiophene rings is 1. The minimum Gasteiger partial charge on any atom is -0.287 e. The molecule has 7 heteroatoms. The van der Waals surface area contributed by atoms with E-state index in [0.29, 0.717) is 14.8 Å². The van der Waals surface area contributed by atoms with Crippen molar-refractivity contribution >= 4 is 38.4 Å². The molecular weight excluding hydrogens is 340 g/mol. The van der Waals surface area contributed by atoms with Crippen LogP contribution < -0.4 is 0 Å². The number of Topliss-reactive ketones (excluding diaryl/α,β-unsaturated/α-hetero) is 1. The van der Waals surface area contributed by atoms with E-state index in [2.05, 4.69) is 4.36 Å². The molecule has 0 amide bonds. The Balaban J connectivity index is 2.38. The van der Waals surface area contributed by atoms with Crippen LogP contribution in [-0.4, -0.2) is 16.2 Å². The predicted octanol–water partition coefficient (Wildman–Crippen LogP) is 4.15. The Morgan fingerprint density at radius 3 is 2.59 bits per heavy atom. The lowest BCUT2D eigenvalue weighted by Crippen LogP contribution is -2.00. The monoisotopic (exact) mass is 350 g/mol. The van der Waals surface area contributed by atoms with Crippen LogP contribution in [0.3, 0.4) is 0 Å². The van der Waals surface area contributed by atoms with Gasteiger partial charge in [-0.2, -0.15) is 5.26 Å². The fraction of sp³-hybridized carbons (Fsp3) is 0.0667. The molecule has 2 rings (SSSR count). The van der Waals surface area contributed by atoms with Crippen LogP contribution in [0.5, 0.6) is 0 Å². The molecule has 0 N–H and O–H groups in total. The molecule has 4 nitrogen and oxygen atoms in total. The highest BCUT2D eigenvalue weighted by molar-refractivity contribution is 7.93. The molecule has 0 aliphatic rings. The number of halogens is 1. The second-order valence-electron chi connectivity index (χ2n) is 4.32. The Morgan fingerprint density at radius 1 is 1.36 bits per heavy atom. The zero-order valence-corrected chi connectivity index (χ0v) is 13.9. The van der Waals surface area contributed by atoms with Gasteiger partial charge in [0.25, 0.3) is 0 Å². The molecule has 1 atom stereocenters.